The lowest BCUT2D eigenvalue weighted by atomic mass is 10.1. The van der Waals surface area contributed by atoms with E-state index in [4.69, 9.17) is 0 Å². The van der Waals surface area contributed by atoms with E-state index in [0.717, 1.165) is 6.54 Å². The van der Waals surface area contributed by atoms with E-state index in [2.05, 4.69) is 69.9 Å². The Kier molecular flexibility index (Phi) is 8.08. The molecule has 21 heavy (non-hydrogen) atoms. The van der Waals surface area contributed by atoms with Crippen molar-refractivity contribution in [1.82, 2.24) is 0 Å². The van der Waals surface area contributed by atoms with Crippen LogP contribution < -0.4 is 4.57 Å². The van der Waals surface area contributed by atoms with Gasteiger partial charge < -0.3 is 0 Å². The van der Waals surface area contributed by atoms with Gasteiger partial charge in [0.1, 0.15) is 6.54 Å². The Morgan fingerprint density at radius 2 is 1.33 bits per heavy atom. The fourth-order valence-corrected chi connectivity index (χ4v) is 3.31. The maximum Gasteiger partial charge on any atom is 0.176 e. The number of fused-ring (bicyclic) bond motifs is 1. The Hall–Kier alpha value is -0.640. The lowest BCUT2D eigenvalue weighted by molar-refractivity contribution is -0.696. The number of hydrogen-bond donors (Lipinski definition) is 0. The van der Waals surface area contributed by atoms with Gasteiger partial charge in [-0.05, 0) is 28.7 Å². The van der Waals surface area contributed by atoms with Crippen LogP contribution >= 0.6 is 22.6 Å². The van der Waals surface area contributed by atoms with Crippen LogP contribution in [0.15, 0.2) is 42.7 Å². The Morgan fingerprint density at radius 3 is 2.05 bits per heavy atom. The first-order chi connectivity index (χ1) is 10.4. The van der Waals surface area contributed by atoms with Crippen LogP contribution in [0.3, 0.4) is 0 Å². The highest BCUT2D eigenvalue weighted by molar-refractivity contribution is 14.1. The first-order valence-corrected chi connectivity index (χ1v) is 9.86. The molecule has 0 fully saturated rings. The van der Waals surface area contributed by atoms with Crippen molar-refractivity contribution in [2.75, 3.05) is 4.43 Å². The number of aromatic nitrogens is 1. The van der Waals surface area contributed by atoms with Crippen LogP contribution in [0.2, 0.25) is 0 Å². The third kappa shape index (κ3) is 6.33. The first-order valence-electron chi connectivity index (χ1n) is 8.34. The van der Waals surface area contributed by atoms with Gasteiger partial charge in [-0.3, -0.25) is 0 Å². The average molecular weight is 396 g/mol. The van der Waals surface area contributed by atoms with E-state index in [1.165, 1.54) is 66.6 Å². The smallest absolute Gasteiger partial charge is 0.176 e. The van der Waals surface area contributed by atoms with E-state index < -0.39 is 0 Å². The van der Waals surface area contributed by atoms with Crippen molar-refractivity contribution in [3.63, 3.8) is 0 Å². The van der Waals surface area contributed by atoms with Crippen LogP contribution in [0.4, 0.5) is 0 Å². The van der Waals surface area contributed by atoms with Gasteiger partial charge in [0.05, 0.1) is 0 Å². The van der Waals surface area contributed by atoms with Crippen LogP contribution in [0.1, 0.15) is 51.4 Å². The van der Waals surface area contributed by atoms with Gasteiger partial charge in [-0.25, -0.2) is 4.57 Å². The molecule has 0 atom stereocenters. The summed E-state index contributed by atoms with van der Waals surface area (Å²) in [6.07, 6.45) is 15.7. The number of halogens is 1. The normalized spacial score (nSPS) is 11.1. The topological polar surface area (TPSA) is 3.88 Å². The number of benzene rings is 1. The van der Waals surface area contributed by atoms with Gasteiger partial charge in [-0.15, -0.1) is 0 Å². The summed E-state index contributed by atoms with van der Waals surface area (Å²) in [4.78, 5) is 0. The van der Waals surface area contributed by atoms with Gasteiger partial charge in [0.25, 0.3) is 0 Å². The number of unbranched alkanes of at least 4 members (excludes halogenated alkanes) is 7. The average Bonchev–Trinajstić information content (AvgIpc) is 2.53. The summed E-state index contributed by atoms with van der Waals surface area (Å²) < 4.78 is 3.66. The van der Waals surface area contributed by atoms with Crippen LogP contribution in [0.5, 0.6) is 0 Å². The van der Waals surface area contributed by atoms with Crippen LogP contribution in [0, 0.1) is 0 Å². The van der Waals surface area contributed by atoms with Crippen molar-refractivity contribution < 1.29 is 4.57 Å². The van der Waals surface area contributed by atoms with Gasteiger partial charge in [0.15, 0.2) is 12.4 Å². The molecule has 0 bridgehead atoms. The Bertz CT molecular complexity index is 524. The Labute approximate surface area is 142 Å². The molecule has 1 nitrogen and oxygen atoms in total. The molecule has 2 rings (SSSR count). The monoisotopic (exact) mass is 396 g/mol. The minimum atomic E-state index is 1.15. The zero-order chi connectivity index (χ0) is 14.8. The largest absolute Gasteiger partial charge is 0.205 e. The van der Waals surface area contributed by atoms with Crippen molar-refractivity contribution >= 4 is 33.4 Å². The quantitative estimate of drug-likeness (QED) is 0.210. The number of nitrogens with zero attached hydrogens (tertiary/aromatic N) is 1. The highest BCUT2D eigenvalue weighted by Crippen LogP contribution is 2.11. The van der Waals surface area contributed by atoms with Crippen LogP contribution in [0.25, 0.3) is 10.8 Å². The van der Waals surface area contributed by atoms with Crippen LogP contribution in [-0.4, -0.2) is 4.43 Å². The highest BCUT2D eigenvalue weighted by Gasteiger charge is 2.02. The van der Waals surface area contributed by atoms with E-state index in [-0.39, 0.29) is 0 Å². The minimum absolute atomic E-state index is 1.15. The van der Waals surface area contributed by atoms with Crippen molar-refractivity contribution in [2.45, 2.75) is 57.9 Å². The Balaban J connectivity index is 1.59. The van der Waals surface area contributed by atoms with E-state index >= 15 is 0 Å². The second-order valence-electron chi connectivity index (χ2n) is 5.83. The van der Waals surface area contributed by atoms with E-state index in [9.17, 15) is 0 Å². The second kappa shape index (κ2) is 10.1. The van der Waals surface area contributed by atoms with Gasteiger partial charge >= 0.3 is 0 Å². The predicted molar refractivity (Wildman–Crippen MR) is 100.0 cm³/mol. The summed E-state index contributed by atoms with van der Waals surface area (Å²) in [5, 5.41) is 2.68. The molecule has 2 aromatic rings. The van der Waals surface area contributed by atoms with Crippen molar-refractivity contribution in [2.24, 2.45) is 0 Å². The molecule has 1 aromatic heterocycles. The second-order valence-corrected chi connectivity index (χ2v) is 6.91. The van der Waals surface area contributed by atoms with E-state index in [1.807, 2.05) is 0 Å². The van der Waals surface area contributed by atoms with Gasteiger partial charge in [0.2, 0.25) is 0 Å². The standard InChI is InChI=1S/C19H27IN/c20-14-9-5-3-1-2-4-6-10-15-21-16-13-18-11-7-8-12-19(18)17-21/h7-8,11-13,16-17H,1-6,9-10,14-15H2/q+1. The molecule has 114 valence electrons. The molecule has 1 heterocycles. The summed E-state index contributed by atoms with van der Waals surface area (Å²) in [5.41, 5.74) is 0. The summed E-state index contributed by atoms with van der Waals surface area (Å²) in [6, 6.07) is 10.8. The first kappa shape index (κ1) is 16.7. The Morgan fingerprint density at radius 1 is 0.714 bits per heavy atom. The molecule has 0 saturated heterocycles. The zero-order valence-electron chi connectivity index (χ0n) is 12.9. The maximum atomic E-state index is 2.48. The van der Waals surface area contributed by atoms with Gasteiger partial charge in [0, 0.05) is 17.9 Å². The molecule has 0 spiro atoms. The molecule has 0 aliphatic heterocycles. The SMILES string of the molecule is ICCCCCCCCCC[n+]1ccc2ccccc2c1. The van der Waals surface area contributed by atoms with Gasteiger partial charge in [-0.2, -0.15) is 0 Å². The van der Waals surface area contributed by atoms with E-state index in [1.54, 1.807) is 0 Å². The summed E-state index contributed by atoms with van der Waals surface area (Å²) in [7, 11) is 0. The minimum Gasteiger partial charge on any atom is -0.205 e. The third-order valence-corrected chi connectivity index (χ3v) is 4.81. The van der Waals surface area contributed by atoms with Crippen molar-refractivity contribution in [3.05, 3.63) is 42.7 Å². The molecule has 0 N–H and O–H groups in total. The predicted octanol–water partition coefficient (Wildman–Crippen LogP) is 5.68. The van der Waals surface area contributed by atoms with E-state index in [0.29, 0.717) is 0 Å². The highest BCUT2D eigenvalue weighted by atomic mass is 127. The molecule has 0 saturated carbocycles. The zero-order valence-corrected chi connectivity index (χ0v) is 15.1. The van der Waals surface area contributed by atoms with Crippen LogP contribution in [-0.2, 0) is 6.54 Å². The summed E-state index contributed by atoms with van der Waals surface area (Å²) in [6.45, 7) is 1.15. The number of alkyl halides is 1. The molecule has 0 unspecified atom stereocenters. The number of pyridine rings is 1. The van der Waals surface area contributed by atoms with Crippen molar-refractivity contribution in [3.8, 4) is 0 Å². The fourth-order valence-electron chi connectivity index (χ4n) is 2.77. The lowest BCUT2D eigenvalue weighted by Crippen LogP contribution is -2.32. The third-order valence-electron chi connectivity index (χ3n) is 4.05. The number of aryl methyl sites for hydroxylation is 1. The molecule has 1 aromatic carbocycles. The lowest BCUT2D eigenvalue weighted by Gasteiger charge is -2.01. The van der Waals surface area contributed by atoms with Crippen molar-refractivity contribution in [1.29, 1.82) is 0 Å². The number of hydrogen-bond acceptors (Lipinski definition) is 0. The molecule has 0 aliphatic rings. The fraction of sp³-hybridized carbons (Fsp3) is 0.526. The van der Waals surface area contributed by atoms with Gasteiger partial charge in [-0.1, -0.05) is 72.9 Å². The number of rotatable bonds is 10. The maximum absolute atomic E-state index is 2.48. The molecular formula is C19H27IN+. The molecule has 0 amide bonds. The molecule has 2 heteroatoms. The summed E-state index contributed by atoms with van der Waals surface area (Å²) in [5.74, 6) is 0. The molecular weight excluding hydrogens is 369 g/mol. The molecule has 0 aliphatic carbocycles. The summed E-state index contributed by atoms with van der Waals surface area (Å²) >= 11 is 2.48. The molecule has 0 radical (unpaired) electrons.